The third-order valence-electron chi connectivity index (χ3n) is 6.58. The van der Waals surface area contributed by atoms with Crippen LogP contribution in [0.3, 0.4) is 0 Å². The van der Waals surface area contributed by atoms with Crippen molar-refractivity contribution in [2.24, 2.45) is 0 Å². The Balaban J connectivity index is 0.00000164. The van der Waals surface area contributed by atoms with Crippen LogP contribution < -0.4 is 20.7 Å². The minimum Gasteiger partial charge on any atom is -0.494 e. The predicted molar refractivity (Wildman–Crippen MR) is 156 cm³/mol. The highest BCUT2D eigenvalue weighted by Crippen LogP contribution is 2.38. The molecule has 0 bridgehead atoms. The van der Waals surface area contributed by atoms with Gasteiger partial charge in [-0.05, 0) is 32.3 Å². The van der Waals surface area contributed by atoms with Gasteiger partial charge in [-0.2, -0.15) is 0 Å². The molecular weight excluding hydrogens is 478 g/mol. The van der Waals surface area contributed by atoms with E-state index in [2.05, 4.69) is 63.0 Å². The number of likely N-dealkylation sites (N-methyl/N-ethyl adjacent to an activating group) is 2. The maximum absolute atomic E-state index is 6.44. The molecule has 0 aliphatic carbocycles. The topological polar surface area (TPSA) is 93.7 Å². The first-order valence-electron chi connectivity index (χ1n) is 13.1. The number of nitrogen functional groups attached to an aromatic ring is 1. The quantitative estimate of drug-likeness (QED) is 0.316. The van der Waals surface area contributed by atoms with Gasteiger partial charge in [-0.15, -0.1) is 0 Å². The van der Waals surface area contributed by atoms with Crippen LogP contribution in [-0.2, 0) is 17.9 Å². The van der Waals surface area contributed by atoms with E-state index in [0.717, 1.165) is 47.7 Å². The van der Waals surface area contributed by atoms with Gasteiger partial charge in [0, 0.05) is 55.4 Å². The highest BCUT2D eigenvalue weighted by Gasteiger charge is 2.22. The van der Waals surface area contributed by atoms with Gasteiger partial charge in [-0.1, -0.05) is 32.0 Å². The van der Waals surface area contributed by atoms with Crippen molar-refractivity contribution in [3.05, 3.63) is 54.4 Å². The lowest BCUT2D eigenvalue weighted by molar-refractivity contribution is 0.0869. The molecule has 0 unspecified atom stereocenters. The van der Waals surface area contributed by atoms with Gasteiger partial charge in [-0.25, -0.2) is 9.97 Å². The van der Waals surface area contributed by atoms with Gasteiger partial charge < -0.3 is 34.9 Å². The molecule has 9 nitrogen and oxygen atoms in total. The minimum absolute atomic E-state index is 0.472. The molecule has 0 saturated heterocycles. The number of hydrogen-bond acceptors (Lipinski definition) is 8. The molecule has 0 amide bonds. The number of nitrogens with two attached hydrogens (primary N) is 1. The third kappa shape index (κ3) is 5.54. The maximum atomic E-state index is 6.44. The Bertz CT molecular complexity index is 1380. The number of para-hydroxylation sites is 1. The molecule has 3 N–H and O–H groups in total. The summed E-state index contributed by atoms with van der Waals surface area (Å²) in [5.74, 6) is 1.14. The number of aromatic nitrogens is 3. The Hall–Kier alpha value is -3.82. The third-order valence-corrected chi connectivity index (χ3v) is 6.58. The molecule has 2 aromatic carbocycles. The van der Waals surface area contributed by atoms with Crippen LogP contribution >= 0.6 is 0 Å². The largest absolute Gasteiger partial charge is 0.494 e. The van der Waals surface area contributed by atoms with Crippen LogP contribution in [0.2, 0.25) is 0 Å². The van der Waals surface area contributed by atoms with Crippen LogP contribution in [0.1, 0.15) is 19.5 Å². The number of fused-ring (bicyclic) bond motifs is 3. The second-order valence-electron chi connectivity index (χ2n) is 9.27. The molecule has 1 aliphatic heterocycles. The standard InChI is InChI=1S/C27H33N7O2.C2H6/c1-32(2)11-12-33(3)23-16-25(35-4)21(15-19(23)28)31-27-29-10-9-20(30-27)26-18-7-5-6-8-22(18)34-13-14-36-17-24(26)34;1-2/h5-10,15-16H,11-14,17,28H2,1-4H3,(H,29,30,31);1-2H3. The van der Waals surface area contributed by atoms with E-state index in [1.54, 1.807) is 13.3 Å². The summed E-state index contributed by atoms with van der Waals surface area (Å²) in [6, 6.07) is 14.2. The normalized spacial score (nSPS) is 12.6. The fraction of sp³-hybridized carbons (Fsp3) is 0.379. The molecule has 0 atom stereocenters. The Morgan fingerprint density at radius 2 is 1.89 bits per heavy atom. The van der Waals surface area contributed by atoms with Gasteiger partial charge in [0.25, 0.3) is 0 Å². The zero-order valence-corrected chi connectivity index (χ0v) is 23.3. The molecule has 5 rings (SSSR count). The second kappa shape index (κ2) is 12.1. The number of hydrogen-bond donors (Lipinski definition) is 2. The Morgan fingerprint density at radius 1 is 1.11 bits per heavy atom. The molecule has 4 aromatic rings. The van der Waals surface area contributed by atoms with Gasteiger partial charge >= 0.3 is 0 Å². The van der Waals surface area contributed by atoms with Crippen molar-refractivity contribution in [3.8, 4) is 17.0 Å². The molecule has 38 heavy (non-hydrogen) atoms. The number of benzene rings is 2. The average Bonchev–Trinajstić information content (AvgIpc) is 3.27. The lowest BCUT2D eigenvalue weighted by Crippen LogP contribution is -2.29. The highest BCUT2D eigenvalue weighted by atomic mass is 16.5. The average molecular weight is 518 g/mol. The molecule has 202 valence electrons. The van der Waals surface area contributed by atoms with Crippen LogP contribution in [0.25, 0.3) is 22.2 Å². The zero-order chi connectivity index (χ0) is 27.2. The second-order valence-corrected chi connectivity index (χ2v) is 9.27. The Kier molecular flexibility index (Phi) is 8.70. The molecule has 0 fully saturated rings. The van der Waals surface area contributed by atoms with E-state index in [-0.39, 0.29) is 0 Å². The summed E-state index contributed by atoms with van der Waals surface area (Å²) in [4.78, 5) is 13.6. The van der Waals surface area contributed by atoms with E-state index >= 15 is 0 Å². The predicted octanol–water partition coefficient (Wildman–Crippen LogP) is 4.99. The lowest BCUT2D eigenvalue weighted by atomic mass is 10.1. The summed E-state index contributed by atoms with van der Waals surface area (Å²) < 4.78 is 13.8. The van der Waals surface area contributed by atoms with E-state index < -0.39 is 0 Å². The van der Waals surface area contributed by atoms with Gasteiger partial charge in [0.05, 0.1) is 48.8 Å². The Morgan fingerprint density at radius 3 is 2.66 bits per heavy atom. The maximum Gasteiger partial charge on any atom is 0.227 e. The van der Waals surface area contributed by atoms with Crippen molar-refractivity contribution >= 4 is 33.9 Å². The van der Waals surface area contributed by atoms with Crippen LogP contribution in [0.5, 0.6) is 5.75 Å². The number of nitrogens with one attached hydrogen (secondary N) is 1. The first kappa shape index (κ1) is 27.2. The van der Waals surface area contributed by atoms with E-state index in [4.69, 9.17) is 20.2 Å². The van der Waals surface area contributed by atoms with Crippen LogP contribution in [-0.4, -0.2) is 67.4 Å². The molecule has 0 radical (unpaired) electrons. The highest BCUT2D eigenvalue weighted by molar-refractivity contribution is 5.97. The number of ether oxygens (including phenoxy) is 2. The van der Waals surface area contributed by atoms with E-state index in [1.165, 1.54) is 5.52 Å². The molecule has 2 aromatic heterocycles. The molecule has 9 heteroatoms. The van der Waals surface area contributed by atoms with Crippen molar-refractivity contribution < 1.29 is 9.47 Å². The first-order valence-corrected chi connectivity index (χ1v) is 13.1. The van der Waals surface area contributed by atoms with Gasteiger partial charge in [-0.3, -0.25) is 0 Å². The minimum atomic E-state index is 0.472. The van der Waals surface area contributed by atoms with E-state index in [1.807, 2.05) is 39.1 Å². The van der Waals surface area contributed by atoms with Crippen molar-refractivity contribution in [1.29, 1.82) is 0 Å². The summed E-state index contributed by atoms with van der Waals surface area (Å²) in [5.41, 5.74) is 13.0. The summed E-state index contributed by atoms with van der Waals surface area (Å²) >= 11 is 0. The molecule has 0 spiro atoms. The first-order chi connectivity index (χ1) is 18.5. The summed E-state index contributed by atoms with van der Waals surface area (Å²) in [7, 11) is 7.79. The molecular formula is C29H39N7O2. The number of methoxy groups -OCH3 is 1. The fourth-order valence-electron chi connectivity index (χ4n) is 4.70. The number of nitrogens with zero attached hydrogens (tertiary/aromatic N) is 5. The summed E-state index contributed by atoms with van der Waals surface area (Å²) in [6.07, 6.45) is 1.77. The van der Waals surface area contributed by atoms with Crippen molar-refractivity contribution in [2.75, 3.05) is 63.9 Å². The van der Waals surface area contributed by atoms with Gasteiger partial charge in [0.2, 0.25) is 5.95 Å². The molecule has 1 aliphatic rings. The van der Waals surface area contributed by atoms with Crippen LogP contribution in [0.15, 0.2) is 48.7 Å². The van der Waals surface area contributed by atoms with Crippen LogP contribution in [0, 0.1) is 0 Å². The van der Waals surface area contributed by atoms with Gasteiger partial charge in [0.15, 0.2) is 0 Å². The zero-order valence-electron chi connectivity index (χ0n) is 23.3. The number of anilines is 4. The monoisotopic (exact) mass is 517 g/mol. The molecule has 0 saturated carbocycles. The summed E-state index contributed by atoms with van der Waals surface area (Å²) in [6.45, 7) is 7.87. The summed E-state index contributed by atoms with van der Waals surface area (Å²) in [5, 5.41) is 4.48. The smallest absolute Gasteiger partial charge is 0.227 e. The van der Waals surface area contributed by atoms with E-state index in [9.17, 15) is 0 Å². The van der Waals surface area contributed by atoms with Gasteiger partial charge in [0.1, 0.15) is 5.75 Å². The Labute approximate surface area is 225 Å². The SMILES string of the molecule is CC.COc1cc(N(C)CCN(C)C)c(N)cc1Nc1nccc(-c2c3n(c4ccccc24)CCOC3)n1. The van der Waals surface area contributed by atoms with Crippen molar-refractivity contribution in [1.82, 2.24) is 19.4 Å². The fourth-order valence-corrected chi connectivity index (χ4v) is 4.70. The van der Waals surface area contributed by atoms with E-state index in [0.29, 0.717) is 36.3 Å². The number of rotatable bonds is 8. The van der Waals surface area contributed by atoms with Crippen molar-refractivity contribution in [3.63, 3.8) is 0 Å². The lowest BCUT2D eigenvalue weighted by Gasteiger charge is -2.24. The molecule has 3 heterocycles. The van der Waals surface area contributed by atoms with Crippen molar-refractivity contribution in [2.45, 2.75) is 27.0 Å². The van der Waals surface area contributed by atoms with Crippen LogP contribution in [0.4, 0.5) is 23.0 Å².